The Balaban J connectivity index is 0.00000144. The molecule has 88 valence electrons. The SMILES string of the molecule is I.N=C(N)C(c1ccccc1)c1ccccc1. The summed E-state index contributed by atoms with van der Waals surface area (Å²) in [6.07, 6.45) is 0. The largest absolute Gasteiger partial charge is 0.387 e. The van der Waals surface area contributed by atoms with Crippen molar-refractivity contribution in [1.82, 2.24) is 0 Å². The summed E-state index contributed by atoms with van der Waals surface area (Å²) < 4.78 is 0. The first-order valence-electron chi connectivity index (χ1n) is 5.23. The topological polar surface area (TPSA) is 49.9 Å². The fraction of sp³-hybridized carbons (Fsp3) is 0.0714. The van der Waals surface area contributed by atoms with Gasteiger partial charge in [-0.25, -0.2) is 0 Å². The first-order valence-corrected chi connectivity index (χ1v) is 5.23. The third kappa shape index (κ3) is 3.30. The molecule has 0 aromatic heterocycles. The lowest BCUT2D eigenvalue weighted by molar-refractivity contribution is 1.04. The van der Waals surface area contributed by atoms with Gasteiger partial charge in [-0.1, -0.05) is 60.7 Å². The molecule has 0 fully saturated rings. The van der Waals surface area contributed by atoms with Crippen molar-refractivity contribution in [2.75, 3.05) is 0 Å². The lowest BCUT2D eigenvalue weighted by Crippen LogP contribution is -2.21. The van der Waals surface area contributed by atoms with E-state index in [1.54, 1.807) is 0 Å². The third-order valence-corrected chi connectivity index (χ3v) is 2.58. The molecule has 0 saturated heterocycles. The second-order valence-corrected chi connectivity index (χ2v) is 3.71. The van der Waals surface area contributed by atoms with Crippen LogP contribution in [0.5, 0.6) is 0 Å². The molecule has 2 nitrogen and oxygen atoms in total. The normalized spacial score (nSPS) is 9.71. The van der Waals surface area contributed by atoms with Crippen molar-refractivity contribution in [3.63, 3.8) is 0 Å². The highest BCUT2D eigenvalue weighted by Gasteiger charge is 2.16. The molecule has 2 aromatic rings. The number of amidine groups is 1. The Morgan fingerprint density at radius 3 is 1.47 bits per heavy atom. The zero-order chi connectivity index (χ0) is 11.4. The van der Waals surface area contributed by atoms with Gasteiger partial charge in [0, 0.05) is 0 Å². The van der Waals surface area contributed by atoms with Crippen LogP contribution in [0.4, 0.5) is 0 Å². The van der Waals surface area contributed by atoms with Gasteiger partial charge < -0.3 is 5.73 Å². The van der Waals surface area contributed by atoms with Crippen molar-refractivity contribution in [2.24, 2.45) is 5.73 Å². The maximum Gasteiger partial charge on any atom is 0.103 e. The number of nitrogens with two attached hydrogens (primary N) is 1. The van der Waals surface area contributed by atoms with Crippen LogP contribution in [0.2, 0.25) is 0 Å². The van der Waals surface area contributed by atoms with E-state index in [1.807, 2.05) is 60.7 Å². The van der Waals surface area contributed by atoms with Crippen molar-refractivity contribution in [1.29, 1.82) is 5.41 Å². The van der Waals surface area contributed by atoms with Gasteiger partial charge in [0.05, 0.1) is 5.92 Å². The molecule has 0 amide bonds. The van der Waals surface area contributed by atoms with Crippen LogP contribution in [0.1, 0.15) is 17.0 Å². The van der Waals surface area contributed by atoms with Crippen LogP contribution in [0, 0.1) is 5.41 Å². The zero-order valence-corrected chi connectivity index (χ0v) is 11.7. The van der Waals surface area contributed by atoms with E-state index in [4.69, 9.17) is 11.1 Å². The minimum atomic E-state index is -0.137. The van der Waals surface area contributed by atoms with Crippen LogP contribution in [0.3, 0.4) is 0 Å². The van der Waals surface area contributed by atoms with E-state index in [0.29, 0.717) is 0 Å². The van der Waals surface area contributed by atoms with E-state index >= 15 is 0 Å². The summed E-state index contributed by atoms with van der Waals surface area (Å²) in [6, 6.07) is 19.8. The molecule has 3 heteroatoms. The summed E-state index contributed by atoms with van der Waals surface area (Å²) in [6.45, 7) is 0. The molecule has 0 radical (unpaired) electrons. The van der Waals surface area contributed by atoms with Gasteiger partial charge in [-0.3, -0.25) is 5.41 Å². The second-order valence-electron chi connectivity index (χ2n) is 3.71. The Hall–Kier alpha value is -1.36. The molecule has 0 aliphatic heterocycles. The monoisotopic (exact) mass is 338 g/mol. The smallest absolute Gasteiger partial charge is 0.103 e. The van der Waals surface area contributed by atoms with Crippen molar-refractivity contribution >= 4 is 29.8 Å². The van der Waals surface area contributed by atoms with E-state index in [2.05, 4.69) is 0 Å². The van der Waals surface area contributed by atoms with Crippen LogP contribution in [-0.2, 0) is 0 Å². The molecule has 0 unspecified atom stereocenters. The van der Waals surface area contributed by atoms with E-state index in [9.17, 15) is 0 Å². The Kier molecular flexibility index (Phi) is 5.15. The number of nitrogens with one attached hydrogen (secondary N) is 1. The Morgan fingerprint density at radius 1 is 0.824 bits per heavy atom. The fourth-order valence-electron chi connectivity index (χ4n) is 1.84. The maximum absolute atomic E-state index is 7.70. The van der Waals surface area contributed by atoms with E-state index < -0.39 is 0 Å². The van der Waals surface area contributed by atoms with Crippen molar-refractivity contribution in [3.8, 4) is 0 Å². The molecule has 0 heterocycles. The molecule has 0 atom stereocenters. The standard InChI is InChI=1S/C14H14N2.HI/c15-14(16)13(11-7-3-1-4-8-11)12-9-5-2-6-10-12;/h1-10,13H,(H3,15,16);1H. The molecule has 0 aliphatic rings. The molecular weight excluding hydrogens is 323 g/mol. The van der Waals surface area contributed by atoms with Crippen LogP contribution < -0.4 is 5.73 Å². The van der Waals surface area contributed by atoms with E-state index in [1.165, 1.54) is 0 Å². The molecule has 0 saturated carbocycles. The number of rotatable bonds is 3. The number of hydrogen-bond acceptors (Lipinski definition) is 1. The minimum Gasteiger partial charge on any atom is -0.387 e. The predicted molar refractivity (Wildman–Crippen MR) is 82.1 cm³/mol. The summed E-state index contributed by atoms with van der Waals surface area (Å²) in [7, 11) is 0. The highest BCUT2D eigenvalue weighted by molar-refractivity contribution is 14.0. The Morgan fingerprint density at radius 2 is 1.18 bits per heavy atom. The fourth-order valence-corrected chi connectivity index (χ4v) is 1.84. The minimum absolute atomic E-state index is 0. The Bertz CT molecular complexity index is 429. The van der Waals surface area contributed by atoms with Gasteiger partial charge in [-0.05, 0) is 11.1 Å². The van der Waals surface area contributed by atoms with Gasteiger partial charge in [0.2, 0.25) is 0 Å². The highest BCUT2D eigenvalue weighted by atomic mass is 127. The number of benzene rings is 2. The van der Waals surface area contributed by atoms with Crippen LogP contribution in [-0.4, -0.2) is 5.84 Å². The van der Waals surface area contributed by atoms with Crippen LogP contribution in [0.15, 0.2) is 60.7 Å². The molecule has 3 N–H and O–H groups in total. The molecule has 2 aromatic carbocycles. The van der Waals surface area contributed by atoms with Crippen molar-refractivity contribution < 1.29 is 0 Å². The lowest BCUT2D eigenvalue weighted by Gasteiger charge is -2.16. The van der Waals surface area contributed by atoms with Gasteiger partial charge in [-0.2, -0.15) is 0 Å². The Labute approximate surface area is 118 Å². The third-order valence-electron chi connectivity index (χ3n) is 2.58. The summed E-state index contributed by atoms with van der Waals surface area (Å²) in [5.74, 6) is 0.0415. The van der Waals surface area contributed by atoms with Crippen molar-refractivity contribution in [2.45, 2.75) is 5.92 Å². The van der Waals surface area contributed by atoms with Crippen molar-refractivity contribution in [3.05, 3.63) is 71.8 Å². The summed E-state index contributed by atoms with van der Waals surface area (Å²) in [5.41, 5.74) is 7.80. The molecule has 0 bridgehead atoms. The first kappa shape index (κ1) is 13.7. The van der Waals surface area contributed by atoms with Gasteiger partial charge in [0.25, 0.3) is 0 Å². The quantitative estimate of drug-likeness (QED) is 0.503. The average Bonchev–Trinajstić information content (AvgIpc) is 2.31. The van der Waals surface area contributed by atoms with Gasteiger partial charge >= 0.3 is 0 Å². The van der Waals surface area contributed by atoms with E-state index in [-0.39, 0.29) is 35.7 Å². The zero-order valence-electron chi connectivity index (χ0n) is 9.34. The maximum atomic E-state index is 7.70. The average molecular weight is 338 g/mol. The van der Waals surface area contributed by atoms with Crippen LogP contribution in [0.25, 0.3) is 0 Å². The molecule has 0 spiro atoms. The number of hydrogen-bond donors (Lipinski definition) is 2. The summed E-state index contributed by atoms with van der Waals surface area (Å²) in [5, 5.41) is 7.70. The molecular formula is C14H15IN2. The summed E-state index contributed by atoms with van der Waals surface area (Å²) >= 11 is 0. The molecule has 0 aliphatic carbocycles. The van der Waals surface area contributed by atoms with Gasteiger partial charge in [0.1, 0.15) is 5.84 Å². The van der Waals surface area contributed by atoms with Gasteiger partial charge in [0.15, 0.2) is 0 Å². The predicted octanol–water partition coefficient (Wildman–Crippen LogP) is 3.37. The first-order chi connectivity index (χ1) is 7.79. The van der Waals surface area contributed by atoms with Gasteiger partial charge in [-0.15, -0.1) is 24.0 Å². The molecule has 17 heavy (non-hydrogen) atoms. The molecule has 2 rings (SSSR count). The second kappa shape index (κ2) is 6.39. The van der Waals surface area contributed by atoms with Crippen LogP contribution >= 0.6 is 24.0 Å². The lowest BCUT2D eigenvalue weighted by atomic mass is 9.90. The van der Waals surface area contributed by atoms with E-state index in [0.717, 1.165) is 11.1 Å². The number of halogens is 1. The summed E-state index contributed by atoms with van der Waals surface area (Å²) in [4.78, 5) is 0. The highest BCUT2D eigenvalue weighted by Crippen LogP contribution is 2.23.